The maximum Gasteiger partial charge on any atom is 0.337 e. The summed E-state index contributed by atoms with van der Waals surface area (Å²) in [5.41, 5.74) is 2.02. The number of nitrogens with zero attached hydrogens (tertiary/aromatic N) is 3. The Morgan fingerprint density at radius 3 is 2.50 bits per heavy atom. The Labute approximate surface area is 163 Å². The molecule has 0 radical (unpaired) electrons. The van der Waals surface area contributed by atoms with Crippen LogP contribution in [0.4, 0.5) is 5.95 Å². The molecular weight excluding hydrogens is 356 g/mol. The van der Waals surface area contributed by atoms with E-state index in [0.717, 1.165) is 10.9 Å². The van der Waals surface area contributed by atoms with Gasteiger partial charge in [-0.25, -0.2) is 9.78 Å². The number of carbonyl (C=O) groups excluding carboxylic acids is 1. The summed E-state index contributed by atoms with van der Waals surface area (Å²) < 4.78 is 6.40. The van der Waals surface area contributed by atoms with Crippen LogP contribution in [0.3, 0.4) is 0 Å². The molecule has 0 aliphatic heterocycles. The van der Waals surface area contributed by atoms with Crippen LogP contribution in [0.25, 0.3) is 11.0 Å². The average Bonchev–Trinajstić information content (AvgIpc) is 2.69. The molecule has 0 saturated heterocycles. The van der Waals surface area contributed by atoms with E-state index in [-0.39, 0.29) is 17.6 Å². The predicted octanol–water partition coefficient (Wildman–Crippen LogP) is 3.41. The lowest BCUT2D eigenvalue weighted by Gasteiger charge is -2.16. The highest BCUT2D eigenvalue weighted by molar-refractivity contribution is 5.89. The number of hydrogen-bond donors (Lipinski definition) is 1. The zero-order valence-electron chi connectivity index (χ0n) is 16.5. The van der Waals surface area contributed by atoms with Crippen LogP contribution in [0, 0.1) is 5.92 Å². The summed E-state index contributed by atoms with van der Waals surface area (Å²) in [5, 5.41) is 4.08. The lowest BCUT2D eigenvalue weighted by Crippen LogP contribution is -2.23. The second-order valence-corrected chi connectivity index (χ2v) is 7.13. The van der Waals surface area contributed by atoms with Gasteiger partial charge in [0.25, 0.3) is 5.56 Å². The standard InChI is InChI=1S/C21H24N4O3/c1-13(2)12-25-18(26)10-9-17-11-22-21(24-19(17)25)23-14(3)15-5-7-16(8-6-15)20(27)28-4/h5-11,13-14H,12H2,1-4H3,(H,22,23,24). The van der Waals surface area contributed by atoms with Crippen molar-refractivity contribution in [3.63, 3.8) is 0 Å². The van der Waals surface area contributed by atoms with Crippen molar-refractivity contribution in [2.75, 3.05) is 12.4 Å². The summed E-state index contributed by atoms with van der Waals surface area (Å²) in [4.78, 5) is 32.8. The number of esters is 1. The zero-order chi connectivity index (χ0) is 20.3. The Morgan fingerprint density at radius 2 is 1.86 bits per heavy atom. The molecule has 7 nitrogen and oxygen atoms in total. The van der Waals surface area contributed by atoms with Gasteiger partial charge in [-0.3, -0.25) is 9.36 Å². The molecule has 0 aliphatic rings. The van der Waals surface area contributed by atoms with Crippen molar-refractivity contribution in [2.45, 2.75) is 33.4 Å². The smallest absolute Gasteiger partial charge is 0.337 e. The Bertz CT molecular complexity index is 1040. The predicted molar refractivity (Wildman–Crippen MR) is 108 cm³/mol. The third-order valence-corrected chi connectivity index (χ3v) is 4.45. The summed E-state index contributed by atoms with van der Waals surface area (Å²) in [6.45, 7) is 6.70. The molecular formula is C21H24N4O3. The Hall–Kier alpha value is -3.22. The van der Waals surface area contributed by atoms with Gasteiger partial charge in [0.05, 0.1) is 18.7 Å². The minimum absolute atomic E-state index is 0.0719. The van der Waals surface area contributed by atoms with E-state index < -0.39 is 0 Å². The van der Waals surface area contributed by atoms with Gasteiger partial charge in [0.1, 0.15) is 5.65 Å². The Balaban J connectivity index is 1.87. The second-order valence-electron chi connectivity index (χ2n) is 7.13. The largest absolute Gasteiger partial charge is 0.465 e. The molecule has 0 amide bonds. The van der Waals surface area contributed by atoms with Gasteiger partial charge in [0.2, 0.25) is 5.95 Å². The monoisotopic (exact) mass is 380 g/mol. The van der Waals surface area contributed by atoms with Crippen LogP contribution < -0.4 is 10.9 Å². The summed E-state index contributed by atoms with van der Waals surface area (Å²) in [6.07, 6.45) is 1.72. The van der Waals surface area contributed by atoms with Crippen molar-refractivity contribution in [2.24, 2.45) is 5.92 Å². The SMILES string of the molecule is COC(=O)c1ccc(C(C)Nc2ncc3ccc(=O)n(CC(C)C)c3n2)cc1. The Morgan fingerprint density at radius 1 is 1.14 bits per heavy atom. The number of ether oxygens (including phenoxy) is 1. The quantitative estimate of drug-likeness (QED) is 0.660. The lowest BCUT2D eigenvalue weighted by molar-refractivity contribution is 0.0600. The van der Waals surface area contributed by atoms with Crippen LogP contribution in [0.15, 0.2) is 47.4 Å². The molecule has 2 heterocycles. The van der Waals surface area contributed by atoms with Gasteiger partial charge >= 0.3 is 5.97 Å². The highest BCUT2D eigenvalue weighted by Gasteiger charge is 2.12. The molecule has 1 unspecified atom stereocenters. The van der Waals surface area contributed by atoms with Crippen molar-refractivity contribution in [3.05, 3.63) is 64.1 Å². The summed E-state index contributed by atoms with van der Waals surface area (Å²) in [5.74, 6) is 0.398. The molecule has 0 bridgehead atoms. The molecule has 0 fully saturated rings. The molecule has 1 aromatic carbocycles. The van der Waals surface area contributed by atoms with Gasteiger partial charge in [0, 0.05) is 24.2 Å². The highest BCUT2D eigenvalue weighted by atomic mass is 16.5. The first kappa shape index (κ1) is 19.5. The number of rotatable bonds is 6. The zero-order valence-corrected chi connectivity index (χ0v) is 16.5. The van der Waals surface area contributed by atoms with E-state index in [0.29, 0.717) is 29.6 Å². The van der Waals surface area contributed by atoms with Crippen LogP contribution in [-0.4, -0.2) is 27.6 Å². The third-order valence-electron chi connectivity index (χ3n) is 4.45. The average molecular weight is 380 g/mol. The maximum absolute atomic E-state index is 12.3. The van der Waals surface area contributed by atoms with E-state index in [2.05, 4.69) is 29.1 Å². The number of anilines is 1. The summed E-state index contributed by atoms with van der Waals surface area (Å²) in [7, 11) is 1.36. The van der Waals surface area contributed by atoms with E-state index in [1.807, 2.05) is 19.1 Å². The van der Waals surface area contributed by atoms with Gasteiger partial charge in [-0.1, -0.05) is 26.0 Å². The van der Waals surface area contributed by atoms with Gasteiger partial charge in [0.15, 0.2) is 0 Å². The van der Waals surface area contributed by atoms with Crippen LogP contribution in [-0.2, 0) is 11.3 Å². The van der Waals surface area contributed by atoms with Crippen molar-refractivity contribution >= 4 is 23.0 Å². The molecule has 0 spiro atoms. The molecule has 3 aromatic rings. The summed E-state index contributed by atoms with van der Waals surface area (Å²) >= 11 is 0. The third kappa shape index (κ3) is 4.19. The molecule has 0 saturated carbocycles. The van der Waals surface area contributed by atoms with Crippen LogP contribution in [0.5, 0.6) is 0 Å². The van der Waals surface area contributed by atoms with Crippen molar-refractivity contribution in [3.8, 4) is 0 Å². The summed E-state index contributed by atoms with van der Waals surface area (Å²) in [6, 6.07) is 10.4. The van der Waals surface area contributed by atoms with E-state index in [4.69, 9.17) is 4.74 Å². The minimum atomic E-state index is -0.367. The molecule has 146 valence electrons. The van der Waals surface area contributed by atoms with Crippen molar-refractivity contribution < 1.29 is 9.53 Å². The number of carbonyl (C=O) groups is 1. The highest BCUT2D eigenvalue weighted by Crippen LogP contribution is 2.19. The molecule has 3 rings (SSSR count). The maximum atomic E-state index is 12.3. The van der Waals surface area contributed by atoms with Crippen LogP contribution in [0.1, 0.15) is 42.7 Å². The Kier molecular flexibility index (Phi) is 5.73. The first-order valence-electron chi connectivity index (χ1n) is 9.20. The van der Waals surface area contributed by atoms with Crippen LogP contribution in [0.2, 0.25) is 0 Å². The van der Waals surface area contributed by atoms with E-state index in [9.17, 15) is 9.59 Å². The first-order valence-corrected chi connectivity index (χ1v) is 9.20. The first-order chi connectivity index (χ1) is 13.4. The fourth-order valence-corrected chi connectivity index (χ4v) is 2.99. The lowest BCUT2D eigenvalue weighted by atomic mass is 10.1. The molecule has 1 atom stereocenters. The molecule has 28 heavy (non-hydrogen) atoms. The number of fused-ring (bicyclic) bond motifs is 1. The van der Waals surface area contributed by atoms with Gasteiger partial charge in [-0.15, -0.1) is 0 Å². The number of benzene rings is 1. The van der Waals surface area contributed by atoms with Gasteiger partial charge in [-0.2, -0.15) is 4.98 Å². The molecule has 2 aromatic heterocycles. The topological polar surface area (TPSA) is 86.1 Å². The number of hydrogen-bond acceptors (Lipinski definition) is 6. The second kappa shape index (κ2) is 8.21. The number of aromatic nitrogens is 3. The molecule has 1 N–H and O–H groups in total. The fourth-order valence-electron chi connectivity index (χ4n) is 2.99. The fraction of sp³-hybridized carbons (Fsp3) is 0.333. The molecule has 0 aliphatic carbocycles. The van der Waals surface area contributed by atoms with Crippen LogP contribution >= 0.6 is 0 Å². The van der Waals surface area contributed by atoms with Gasteiger partial charge < -0.3 is 10.1 Å². The minimum Gasteiger partial charge on any atom is -0.465 e. The van der Waals surface area contributed by atoms with E-state index in [1.54, 1.807) is 35.0 Å². The van der Waals surface area contributed by atoms with E-state index in [1.165, 1.54) is 7.11 Å². The van der Waals surface area contributed by atoms with Crippen molar-refractivity contribution in [1.82, 2.24) is 14.5 Å². The van der Waals surface area contributed by atoms with Crippen molar-refractivity contribution in [1.29, 1.82) is 0 Å². The van der Waals surface area contributed by atoms with E-state index >= 15 is 0 Å². The number of pyridine rings is 1. The normalized spacial score (nSPS) is 12.2. The number of methoxy groups -OCH3 is 1. The molecule has 7 heteroatoms. The number of nitrogens with one attached hydrogen (secondary N) is 1. The van der Waals surface area contributed by atoms with Gasteiger partial charge in [-0.05, 0) is 36.6 Å².